The summed E-state index contributed by atoms with van der Waals surface area (Å²) in [5, 5.41) is 2.75. The molecule has 0 spiro atoms. The lowest BCUT2D eigenvalue weighted by atomic mass is 10.1. The quantitative estimate of drug-likeness (QED) is 0.192. The Labute approximate surface area is 260 Å². The normalized spacial score (nSPS) is 13.6. The van der Waals surface area contributed by atoms with Gasteiger partial charge in [0.25, 0.3) is 5.91 Å². The maximum Gasteiger partial charge on any atom is 0.341 e. The lowest BCUT2D eigenvalue weighted by Crippen LogP contribution is -2.29. The Morgan fingerprint density at radius 2 is 1.70 bits per heavy atom. The molecule has 0 saturated carbocycles. The Bertz CT molecular complexity index is 1800. The minimum atomic E-state index is -4.29. The monoisotopic (exact) mass is 665 g/mol. The van der Waals surface area contributed by atoms with Gasteiger partial charge in [0.15, 0.2) is 14.6 Å². The first-order valence-electron chi connectivity index (χ1n) is 13.6. The molecule has 236 valence electrons. The van der Waals surface area contributed by atoms with Crippen molar-refractivity contribution in [3.05, 3.63) is 44.6 Å². The number of nitrogens with one attached hydrogen (secondary N) is 1. The SMILES string of the molecule is CCOC(=O)Cn1c(=NC(=O)CS(=O)(=O)CC(=O)Nc2sc3c(c2C(=O)OC)CCCCC3)sc2cc(C(=O)OC)ccc21. The van der Waals surface area contributed by atoms with Crippen molar-refractivity contribution >= 4 is 77.5 Å². The predicted molar refractivity (Wildman–Crippen MR) is 163 cm³/mol. The second kappa shape index (κ2) is 14.3. The summed E-state index contributed by atoms with van der Waals surface area (Å²) >= 11 is 2.18. The molecule has 3 aromatic rings. The Morgan fingerprint density at radius 1 is 0.977 bits per heavy atom. The van der Waals surface area contributed by atoms with Gasteiger partial charge in [-0.05, 0) is 56.4 Å². The first-order valence-corrected chi connectivity index (χ1v) is 17.1. The molecule has 16 heteroatoms. The van der Waals surface area contributed by atoms with Gasteiger partial charge in [-0.25, -0.2) is 18.0 Å². The Hall–Kier alpha value is -3.89. The number of hydrogen-bond acceptors (Lipinski definition) is 12. The Morgan fingerprint density at radius 3 is 2.41 bits per heavy atom. The summed E-state index contributed by atoms with van der Waals surface area (Å²) in [6.45, 7) is 1.44. The number of carbonyl (C=O) groups is 5. The van der Waals surface area contributed by atoms with Crippen molar-refractivity contribution in [3.8, 4) is 0 Å². The van der Waals surface area contributed by atoms with E-state index in [0.29, 0.717) is 16.6 Å². The number of aromatic nitrogens is 1. The van der Waals surface area contributed by atoms with Crippen molar-refractivity contribution in [1.29, 1.82) is 0 Å². The predicted octanol–water partition coefficient (Wildman–Crippen LogP) is 2.65. The summed E-state index contributed by atoms with van der Waals surface area (Å²) in [5.41, 5.74) is 1.73. The molecule has 0 unspecified atom stereocenters. The molecule has 44 heavy (non-hydrogen) atoms. The average molecular weight is 666 g/mol. The first-order chi connectivity index (χ1) is 21.0. The van der Waals surface area contributed by atoms with Gasteiger partial charge in [-0.3, -0.25) is 14.4 Å². The van der Waals surface area contributed by atoms with Crippen LogP contribution in [0.4, 0.5) is 5.00 Å². The van der Waals surface area contributed by atoms with Crippen molar-refractivity contribution < 1.29 is 46.6 Å². The third-order valence-electron chi connectivity index (χ3n) is 6.67. The number of hydrogen-bond donors (Lipinski definition) is 1. The third-order valence-corrected chi connectivity index (χ3v) is 10.3. The lowest BCUT2D eigenvalue weighted by molar-refractivity contribution is -0.143. The third kappa shape index (κ3) is 7.78. The number of methoxy groups -OCH3 is 2. The minimum Gasteiger partial charge on any atom is -0.465 e. The van der Waals surface area contributed by atoms with E-state index in [1.165, 1.54) is 42.3 Å². The number of benzene rings is 1. The fourth-order valence-electron chi connectivity index (χ4n) is 4.78. The van der Waals surface area contributed by atoms with Gasteiger partial charge in [0.1, 0.15) is 23.1 Å². The van der Waals surface area contributed by atoms with Gasteiger partial charge in [0, 0.05) is 4.88 Å². The number of carbonyl (C=O) groups excluding carboxylic acids is 5. The van der Waals surface area contributed by atoms with E-state index < -0.39 is 51.1 Å². The summed E-state index contributed by atoms with van der Waals surface area (Å²) < 4.78 is 42.3. The highest BCUT2D eigenvalue weighted by Gasteiger charge is 2.28. The van der Waals surface area contributed by atoms with Crippen molar-refractivity contribution in [2.45, 2.75) is 45.6 Å². The fourth-order valence-corrected chi connectivity index (χ4v) is 8.18. The highest BCUT2D eigenvalue weighted by molar-refractivity contribution is 7.92. The molecule has 2 aromatic heterocycles. The molecule has 0 bridgehead atoms. The van der Waals surface area contributed by atoms with Crippen molar-refractivity contribution in [3.63, 3.8) is 0 Å². The zero-order valence-corrected chi connectivity index (χ0v) is 26.7. The highest BCUT2D eigenvalue weighted by Crippen LogP contribution is 2.38. The highest BCUT2D eigenvalue weighted by atomic mass is 32.2. The zero-order chi connectivity index (χ0) is 32.0. The molecule has 1 N–H and O–H groups in total. The minimum absolute atomic E-state index is 0.00234. The fraction of sp³-hybridized carbons (Fsp3) is 0.429. The number of ether oxygens (including phenoxy) is 3. The zero-order valence-electron chi connectivity index (χ0n) is 24.3. The van der Waals surface area contributed by atoms with Crippen LogP contribution in [0, 0.1) is 0 Å². The molecule has 1 aliphatic rings. The molecule has 13 nitrogen and oxygen atoms in total. The molecule has 0 aliphatic heterocycles. The molecule has 2 amide bonds. The molecule has 0 fully saturated rings. The average Bonchev–Trinajstić information content (AvgIpc) is 3.37. The smallest absolute Gasteiger partial charge is 0.341 e. The van der Waals surface area contributed by atoms with Crippen LogP contribution in [-0.4, -0.2) is 75.0 Å². The number of nitrogens with zero attached hydrogens (tertiary/aromatic N) is 2. The maximum atomic E-state index is 12.9. The number of esters is 3. The van der Waals surface area contributed by atoms with Crippen molar-refractivity contribution in [1.82, 2.24) is 4.57 Å². The number of anilines is 1. The molecule has 1 aromatic carbocycles. The summed E-state index contributed by atoms with van der Waals surface area (Å²) in [5.74, 6) is -5.88. The van der Waals surface area contributed by atoms with Gasteiger partial charge in [0.2, 0.25) is 5.91 Å². The van der Waals surface area contributed by atoms with Crippen LogP contribution in [-0.2, 0) is 57.8 Å². The van der Waals surface area contributed by atoms with E-state index in [0.717, 1.165) is 47.5 Å². The molecule has 4 rings (SSSR count). The molecular weight excluding hydrogens is 635 g/mol. The van der Waals surface area contributed by atoms with E-state index in [-0.39, 0.29) is 34.1 Å². The van der Waals surface area contributed by atoms with Gasteiger partial charge >= 0.3 is 17.9 Å². The topological polar surface area (TPSA) is 176 Å². The second-order valence-corrected chi connectivity index (χ2v) is 14.0. The lowest BCUT2D eigenvalue weighted by Gasteiger charge is -2.08. The van der Waals surface area contributed by atoms with Crippen LogP contribution in [0.3, 0.4) is 0 Å². The molecule has 2 heterocycles. The number of aryl methyl sites for hydroxylation is 1. The van der Waals surface area contributed by atoms with Crippen molar-refractivity contribution in [2.24, 2.45) is 4.99 Å². The van der Waals surface area contributed by atoms with Crippen LogP contribution in [0.2, 0.25) is 0 Å². The Balaban J connectivity index is 1.56. The number of thiazole rings is 1. The maximum absolute atomic E-state index is 12.9. The summed E-state index contributed by atoms with van der Waals surface area (Å²) in [6.07, 6.45) is 4.23. The van der Waals surface area contributed by atoms with E-state index in [4.69, 9.17) is 14.2 Å². The number of fused-ring (bicyclic) bond motifs is 2. The molecule has 0 atom stereocenters. The second-order valence-electron chi connectivity index (χ2n) is 9.80. The van der Waals surface area contributed by atoms with Gasteiger partial charge in [-0.1, -0.05) is 17.8 Å². The van der Waals surface area contributed by atoms with E-state index in [2.05, 4.69) is 10.3 Å². The van der Waals surface area contributed by atoms with Crippen LogP contribution in [0.5, 0.6) is 0 Å². The summed E-state index contributed by atoms with van der Waals surface area (Å²) in [7, 11) is -1.82. The largest absolute Gasteiger partial charge is 0.465 e. The van der Waals surface area contributed by atoms with Gasteiger partial charge in [0.05, 0.1) is 42.2 Å². The molecular formula is C28H31N3O10S3. The van der Waals surface area contributed by atoms with Crippen LogP contribution in [0.15, 0.2) is 23.2 Å². The van der Waals surface area contributed by atoms with Crippen LogP contribution < -0.4 is 10.1 Å². The van der Waals surface area contributed by atoms with Crippen molar-refractivity contribution in [2.75, 3.05) is 37.6 Å². The van der Waals surface area contributed by atoms with Crippen LogP contribution >= 0.6 is 22.7 Å². The van der Waals surface area contributed by atoms with E-state index in [1.807, 2.05) is 0 Å². The number of amides is 2. The van der Waals surface area contributed by atoms with Gasteiger partial charge in [-0.15, -0.1) is 11.3 Å². The molecule has 0 saturated heterocycles. The summed E-state index contributed by atoms with van der Waals surface area (Å²) in [4.78, 5) is 67.3. The van der Waals surface area contributed by atoms with Gasteiger partial charge < -0.3 is 24.1 Å². The van der Waals surface area contributed by atoms with E-state index >= 15 is 0 Å². The molecule has 0 radical (unpaired) electrons. The Kier molecular flexibility index (Phi) is 10.7. The van der Waals surface area contributed by atoms with E-state index in [9.17, 15) is 32.4 Å². The first kappa shape index (κ1) is 33.0. The van der Waals surface area contributed by atoms with Crippen LogP contribution in [0.25, 0.3) is 10.2 Å². The summed E-state index contributed by atoms with van der Waals surface area (Å²) in [6, 6.07) is 4.54. The number of rotatable bonds is 10. The number of thiophene rings is 1. The standard InChI is InChI=1S/C28H31N3O10S3/c1-4-41-23(34)13-31-18-11-10-16(26(35)39-2)12-20(18)43-28(31)30-22(33)15-44(37,38)14-21(32)29-25-24(27(36)40-3)17-8-6-5-7-9-19(17)42-25/h10-12H,4-9,13-15H2,1-3H3,(H,29,32). The number of sulfone groups is 1. The van der Waals surface area contributed by atoms with E-state index in [1.54, 1.807) is 13.0 Å². The molecule has 1 aliphatic carbocycles. The van der Waals surface area contributed by atoms with Gasteiger partial charge in [-0.2, -0.15) is 4.99 Å². The van der Waals surface area contributed by atoms with Crippen LogP contribution in [0.1, 0.15) is 57.3 Å².